The van der Waals surface area contributed by atoms with Crippen molar-refractivity contribution >= 4 is 10.0 Å². The summed E-state index contributed by atoms with van der Waals surface area (Å²) >= 11 is 0. The Labute approximate surface area is 131 Å². The number of nitrogens with one attached hydrogen (secondary N) is 2. The molecule has 0 bridgehead atoms. The van der Waals surface area contributed by atoms with Crippen LogP contribution in [0.1, 0.15) is 5.56 Å². The van der Waals surface area contributed by atoms with Crippen LogP contribution in [0.3, 0.4) is 0 Å². The Kier molecular flexibility index (Phi) is 4.04. The molecule has 0 saturated heterocycles. The largest absolute Gasteiger partial charge is 0.442 e. The van der Waals surface area contributed by atoms with Crippen molar-refractivity contribution in [3.05, 3.63) is 64.7 Å². The van der Waals surface area contributed by atoms with Crippen molar-refractivity contribution in [2.24, 2.45) is 0 Å². The minimum atomic E-state index is -3.80. The summed E-state index contributed by atoms with van der Waals surface area (Å²) in [5, 5.41) is 5.81. The van der Waals surface area contributed by atoms with Gasteiger partial charge in [0.25, 0.3) is 15.6 Å². The van der Waals surface area contributed by atoms with E-state index in [0.29, 0.717) is 5.69 Å². The van der Waals surface area contributed by atoms with E-state index in [9.17, 15) is 13.2 Å². The second kappa shape index (κ2) is 6.15. The van der Waals surface area contributed by atoms with E-state index in [1.807, 2.05) is 0 Å². The van der Waals surface area contributed by atoms with Gasteiger partial charge in [0.2, 0.25) is 5.09 Å². The Balaban J connectivity index is 1.78. The summed E-state index contributed by atoms with van der Waals surface area (Å²) in [5.74, 6) is 0.239. The molecule has 0 atom stereocenters. The maximum Gasteiger partial charge on any atom is 0.274 e. The van der Waals surface area contributed by atoms with Gasteiger partial charge in [-0.2, -0.15) is 5.10 Å². The Morgan fingerprint density at radius 1 is 1.17 bits per heavy atom. The molecule has 0 aliphatic carbocycles. The van der Waals surface area contributed by atoms with E-state index < -0.39 is 10.0 Å². The van der Waals surface area contributed by atoms with Crippen LogP contribution >= 0.6 is 0 Å². The van der Waals surface area contributed by atoms with Crippen molar-refractivity contribution in [1.29, 1.82) is 0 Å². The topological polar surface area (TPSA) is 118 Å². The van der Waals surface area contributed by atoms with Gasteiger partial charge in [-0.15, -0.1) is 0 Å². The molecule has 0 aromatic carbocycles. The first-order valence-corrected chi connectivity index (χ1v) is 8.07. The molecule has 0 unspecified atom stereocenters. The van der Waals surface area contributed by atoms with E-state index in [0.717, 1.165) is 5.56 Å². The fraction of sp³-hybridized carbons (Fsp3) is 0.0714. The van der Waals surface area contributed by atoms with Crippen LogP contribution in [-0.2, 0) is 16.6 Å². The fourth-order valence-corrected chi connectivity index (χ4v) is 2.78. The monoisotopic (exact) mass is 332 g/mol. The predicted octanol–water partition coefficient (Wildman–Crippen LogP) is 0.903. The van der Waals surface area contributed by atoms with Gasteiger partial charge >= 0.3 is 0 Å². The van der Waals surface area contributed by atoms with Crippen molar-refractivity contribution in [3.63, 3.8) is 0 Å². The molecule has 0 saturated carbocycles. The maximum atomic E-state index is 12.2. The van der Waals surface area contributed by atoms with Gasteiger partial charge in [0, 0.05) is 25.0 Å². The zero-order chi connectivity index (χ0) is 16.3. The van der Waals surface area contributed by atoms with Gasteiger partial charge in [-0.25, -0.2) is 18.2 Å². The number of H-pyrrole nitrogens is 1. The number of pyridine rings is 1. The summed E-state index contributed by atoms with van der Waals surface area (Å²) in [6, 6.07) is 8.99. The molecule has 3 heterocycles. The fourth-order valence-electron chi connectivity index (χ4n) is 1.84. The quantitative estimate of drug-likeness (QED) is 0.717. The van der Waals surface area contributed by atoms with Gasteiger partial charge in [0.05, 0.1) is 0 Å². The van der Waals surface area contributed by atoms with Crippen LogP contribution in [0.25, 0.3) is 11.5 Å². The van der Waals surface area contributed by atoms with Crippen LogP contribution in [-0.4, -0.2) is 23.6 Å². The van der Waals surface area contributed by atoms with Gasteiger partial charge in [-0.05, 0) is 29.8 Å². The average Bonchev–Trinajstić information content (AvgIpc) is 3.06. The number of nitrogens with zero attached hydrogens (tertiary/aromatic N) is 2. The van der Waals surface area contributed by atoms with Crippen LogP contribution in [0.5, 0.6) is 0 Å². The van der Waals surface area contributed by atoms with Crippen molar-refractivity contribution in [3.8, 4) is 11.5 Å². The first kappa shape index (κ1) is 15.1. The highest BCUT2D eigenvalue weighted by Crippen LogP contribution is 2.21. The molecule has 118 valence electrons. The second-order valence-corrected chi connectivity index (χ2v) is 6.31. The summed E-state index contributed by atoms with van der Waals surface area (Å²) < 4.78 is 32.1. The summed E-state index contributed by atoms with van der Waals surface area (Å²) in [6.45, 7) is 0.100. The normalized spacial score (nSPS) is 11.5. The Morgan fingerprint density at radius 2 is 2.04 bits per heavy atom. The van der Waals surface area contributed by atoms with Crippen molar-refractivity contribution < 1.29 is 12.8 Å². The SMILES string of the molecule is O=c1ccc(-c2ccc(S(=O)(=O)NCc3cccnc3)o2)n[nH]1. The van der Waals surface area contributed by atoms with Gasteiger partial charge in [0.1, 0.15) is 5.69 Å². The number of hydrogen-bond acceptors (Lipinski definition) is 6. The predicted molar refractivity (Wildman–Crippen MR) is 80.8 cm³/mol. The van der Waals surface area contributed by atoms with Gasteiger partial charge in [-0.1, -0.05) is 6.07 Å². The molecule has 9 heteroatoms. The lowest BCUT2D eigenvalue weighted by Gasteiger charge is -2.03. The number of furan rings is 1. The molecule has 0 amide bonds. The molecule has 8 nitrogen and oxygen atoms in total. The highest BCUT2D eigenvalue weighted by Gasteiger charge is 2.19. The first-order valence-electron chi connectivity index (χ1n) is 6.59. The molecule has 0 spiro atoms. The van der Waals surface area contributed by atoms with Gasteiger partial charge in [-0.3, -0.25) is 9.78 Å². The van der Waals surface area contributed by atoms with Crippen molar-refractivity contribution in [2.75, 3.05) is 0 Å². The van der Waals surface area contributed by atoms with E-state index in [1.54, 1.807) is 24.5 Å². The number of aromatic amines is 1. The third kappa shape index (κ3) is 3.52. The van der Waals surface area contributed by atoms with Crippen LogP contribution in [0.15, 0.2) is 63.1 Å². The molecular weight excluding hydrogens is 320 g/mol. The minimum absolute atomic E-state index is 0.100. The lowest BCUT2D eigenvalue weighted by molar-refractivity contribution is 0.454. The Bertz CT molecular complexity index is 943. The molecular formula is C14H12N4O4S. The molecule has 3 rings (SSSR count). The van der Waals surface area contributed by atoms with E-state index in [1.165, 1.54) is 24.3 Å². The maximum absolute atomic E-state index is 12.2. The van der Waals surface area contributed by atoms with Crippen LogP contribution in [0.4, 0.5) is 0 Å². The number of rotatable bonds is 5. The van der Waals surface area contributed by atoms with Gasteiger partial charge < -0.3 is 4.42 Å². The Morgan fingerprint density at radius 3 is 2.74 bits per heavy atom. The molecule has 23 heavy (non-hydrogen) atoms. The molecule has 3 aromatic rings. The highest BCUT2D eigenvalue weighted by molar-refractivity contribution is 7.89. The summed E-state index contributed by atoms with van der Waals surface area (Å²) in [4.78, 5) is 14.9. The zero-order valence-corrected chi connectivity index (χ0v) is 12.6. The van der Waals surface area contributed by atoms with Crippen LogP contribution in [0, 0.1) is 0 Å². The smallest absolute Gasteiger partial charge is 0.274 e. The molecule has 2 N–H and O–H groups in total. The number of sulfonamides is 1. The minimum Gasteiger partial charge on any atom is -0.442 e. The van der Waals surface area contributed by atoms with E-state index in [-0.39, 0.29) is 23.0 Å². The molecule has 0 fully saturated rings. The first-order chi connectivity index (χ1) is 11.0. The van der Waals surface area contributed by atoms with Crippen LogP contribution in [0.2, 0.25) is 0 Å². The zero-order valence-electron chi connectivity index (χ0n) is 11.8. The summed E-state index contributed by atoms with van der Waals surface area (Å²) in [6.07, 6.45) is 3.17. The molecule has 0 radical (unpaired) electrons. The number of aromatic nitrogens is 3. The van der Waals surface area contributed by atoms with E-state index in [2.05, 4.69) is 19.9 Å². The third-order valence-electron chi connectivity index (χ3n) is 2.97. The standard InChI is InChI=1S/C14H12N4O4S/c19-13-5-3-11(17-18-13)12-4-6-14(22-12)23(20,21)16-9-10-2-1-7-15-8-10/h1-8,16H,9H2,(H,18,19). The Hall–Kier alpha value is -2.78. The summed E-state index contributed by atoms with van der Waals surface area (Å²) in [7, 11) is -3.80. The van der Waals surface area contributed by atoms with E-state index in [4.69, 9.17) is 4.42 Å². The third-order valence-corrected chi connectivity index (χ3v) is 4.24. The lowest BCUT2D eigenvalue weighted by atomic mass is 10.3. The molecule has 3 aromatic heterocycles. The second-order valence-electron chi connectivity index (χ2n) is 4.61. The number of hydrogen-bond donors (Lipinski definition) is 2. The molecule has 0 aliphatic heterocycles. The van der Waals surface area contributed by atoms with Crippen molar-refractivity contribution in [2.45, 2.75) is 11.6 Å². The summed E-state index contributed by atoms with van der Waals surface area (Å²) in [5.41, 5.74) is 0.703. The average molecular weight is 332 g/mol. The van der Waals surface area contributed by atoms with Gasteiger partial charge in [0.15, 0.2) is 5.76 Å². The van der Waals surface area contributed by atoms with E-state index >= 15 is 0 Å². The molecule has 0 aliphatic rings. The van der Waals surface area contributed by atoms with Crippen LogP contribution < -0.4 is 10.3 Å². The lowest BCUT2D eigenvalue weighted by Crippen LogP contribution is -2.22. The highest BCUT2D eigenvalue weighted by atomic mass is 32.2. The van der Waals surface area contributed by atoms with Crippen molar-refractivity contribution in [1.82, 2.24) is 19.9 Å².